The molecular weight excluding hydrogens is 284 g/mol. The molecule has 1 aliphatic heterocycles. The molecule has 6 nitrogen and oxygen atoms in total. The summed E-state index contributed by atoms with van der Waals surface area (Å²) in [6, 6.07) is 9.18. The van der Waals surface area contributed by atoms with E-state index in [2.05, 4.69) is 4.90 Å². The smallest absolute Gasteiger partial charge is 0.326 e. The Balaban J connectivity index is 1.95. The van der Waals surface area contributed by atoms with Crippen molar-refractivity contribution < 1.29 is 19.4 Å². The maximum atomic E-state index is 12.4. The van der Waals surface area contributed by atoms with Crippen LogP contribution in [0.15, 0.2) is 30.3 Å². The molecule has 2 rings (SSSR count). The third kappa shape index (κ3) is 4.05. The van der Waals surface area contributed by atoms with E-state index in [0.717, 1.165) is 13.1 Å². The number of benzene rings is 1. The van der Waals surface area contributed by atoms with Gasteiger partial charge in [0.15, 0.2) is 0 Å². The minimum absolute atomic E-state index is 0.285. The molecule has 0 aromatic heterocycles. The Morgan fingerprint density at radius 2 is 2.09 bits per heavy atom. The number of rotatable bonds is 5. The summed E-state index contributed by atoms with van der Waals surface area (Å²) >= 11 is 0. The third-order valence-corrected chi connectivity index (χ3v) is 3.96. The van der Waals surface area contributed by atoms with E-state index in [1.54, 1.807) is 0 Å². The lowest BCUT2D eigenvalue weighted by Gasteiger charge is -2.34. The van der Waals surface area contributed by atoms with Gasteiger partial charge >= 0.3 is 5.97 Å². The molecule has 1 saturated heterocycles. The third-order valence-electron chi connectivity index (χ3n) is 3.96. The zero-order valence-corrected chi connectivity index (χ0v) is 12.9. The van der Waals surface area contributed by atoms with E-state index in [-0.39, 0.29) is 5.91 Å². The quantitative estimate of drug-likeness (QED) is 0.872. The Labute approximate surface area is 130 Å². The molecule has 2 atom stereocenters. The number of carboxylic acids is 1. The van der Waals surface area contributed by atoms with Crippen LogP contribution in [0.3, 0.4) is 0 Å². The average Bonchev–Trinajstić information content (AvgIpc) is 2.54. The van der Waals surface area contributed by atoms with Crippen LogP contribution in [0.25, 0.3) is 0 Å². The molecule has 1 N–H and O–H groups in total. The molecule has 1 aromatic carbocycles. The Hall–Kier alpha value is -1.92. The van der Waals surface area contributed by atoms with E-state index in [1.165, 1.54) is 24.4 Å². The van der Waals surface area contributed by atoms with Gasteiger partial charge < -0.3 is 14.7 Å². The standard InChI is InChI=1S/C16H22N2O4/c1-12(16(20)21)17(2)15(19)14-11-18(8-9-22-14)10-13-6-4-3-5-7-13/h3-7,12,14H,8-11H2,1-2H3,(H,20,21). The van der Waals surface area contributed by atoms with Crippen molar-refractivity contribution >= 4 is 11.9 Å². The number of ether oxygens (including phenoxy) is 1. The number of morpholine rings is 1. The van der Waals surface area contributed by atoms with E-state index in [1.807, 2.05) is 30.3 Å². The van der Waals surface area contributed by atoms with Gasteiger partial charge in [-0.1, -0.05) is 30.3 Å². The highest BCUT2D eigenvalue weighted by molar-refractivity contribution is 5.86. The van der Waals surface area contributed by atoms with E-state index in [0.29, 0.717) is 13.2 Å². The lowest BCUT2D eigenvalue weighted by atomic mass is 10.1. The van der Waals surface area contributed by atoms with E-state index < -0.39 is 18.1 Å². The lowest BCUT2D eigenvalue weighted by Crippen LogP contribution is -2.52. The molecule has 1 fully saturated rings. The van der Waals surface area contributed by atoms with Crippen LogP contribution >= 0.6 is 0 Å². The summed E-state index contributed by atoms with van der Waals surface area (Å²) in [5, 5.41) is 9.00. The second kappa shape index (κ2) is 7.38. The summed E-state index contributed by atoms with van der Waals surface area (Å²) < 4.78 is 5.53. The van der Waals surface area contributed by atoms with Crippen LogP contribution in [-0.4, -0.2) is 65.7 Å². The van der Waals surface area contributed by atoms with E-state index in [4.69, 9.17) is 9.84 Å². The minimum atomic E-state index is -1.02. The predicted octanol–water partition coefficient (Wildman–Crippen LogP) is 0.819. The van der Waals surface area contributed by atoms with Crippen LogP contribution in [0.2, 0.25) is 0 Å². The molecule has 0 bridgehead atoms. The number of carboxylic acid groups (broad SMARTS) is 1. The fourth-order valence-corrected chi connectivity index (χ4v) is 2.42. The number of carbonyl (C=O) groups excluding carboxylic acids is 1. The van der Waals surface area contributed by atoms with Crippen LogP contribution in [0, 0.1) is 0 Å². The van der Waals surface area contributed by atoms with Crippen LogP contribution in [0.1, 0.15) is 12.5 Å². The summed E-state index contributed by atoms with van der Waals surface area (Å²) in [5.41, 5.74) is 1.18. The molecule has 0 spiro atoms. The molecule has 0 saturated carbocycles. The Morgan fingerprint density at radius 1 is 1.41 bits per heavy atom. The first-order chi connectivity index (χ1) is 10.5. The number of hydrogen-bond donors (Lipinski definition) is 1. The highest BCUT2D eigenvalue weighted by atomic mass is 16.5. The van der Waals surface area contributed by atoms with Gasteiger partial charge in [0.1, 0.15) is 12.1 Å². The predicted molar refractivity (Wildman–Crippen MR) is 81.3 cm³/mol. The molecule has 22 heavy (non-hydrogen) atoms. The maximum absolute atomic E-state index is 12.4. The van der Waals surface area contributed by atoms with Crippen molar-refractivity contribution in [3.63, 3.8) is 0 Å². The summed E-state index contributed by atoms with van der Waals surface area (Å²) in [6.07, 6.45) is -0.607. The van der Waals surface area contributed by atoms with Crippen LogP contribution in [-0.2, 0) is 20.9 Å². The highest BCUT2D eigenvalue weighted by Gasteiger charge is 2.32. The molecule has 1 amide bonds. The monoisotopic (exact) mass is 306 g/mol. The first kappa shape index (κ1) is 16.5. The van der Waals surface area contributed by atoms with Gasteiger partial charge in [-0.15, -0.1) is 0 Å². The largest absolute Gasteiger partial charge is 0.480 e. The zero-order chi connectivity index (χ0) is 16.1. The van der Waals surface area contributed by atoms with Crippen molar-refractivity contribution in [3.8, 4) is 0 Å². The maximum Gasteiger partial charge on any atom is 0.326 e. The lowest BCUT2D eigenvalue weighted by molar-refractivity contribution is -0.157. The second-order valence-electron chi connectivity index (χ2n) is 5.54. The van der Waals surface area contributed by atoms with E-state index >= 15 is 0 Å². The molecule has 1 aliphatic rings. The first-order valence-electron chi connectivity index (χ1n) is 7.36. The van der Waals surface area contributed by atoms with Gasteiger partial charge in [0.25, 0.3) is 5.91 Å². The van der Waals surface area contributed by atoms with Crippen molar-refractivity contribution in [1.29, 1.82) is 0 Å². The van der Waals surface area contributed by atoms with Crippen LogP contribution in [0.5, 0.6) is 0 Å². The number of aliphatic carboxylic acids is 1. The second-order valence-corrected chi connectivity index (χ2v) is 5.54. The molecule has 1 heterocycles. The fraction of sp³-hybridized carbons (Fsp3) is 0.500. The van der Waals surface area contributed by atoms with Gasteiger partial charge in [-0.3, -0.25) is 9.69 Å². The number of hydrogen-bond acceptors (Lipinski definition) is 4. The Bertz CT molecular complexity index is 520. The summed E-state index contributed by atoms with van der Waals surface area (Å²) in [4.78, 5) is 26.7. The summed E-state index contributed by atoms with van der Waals surface area (Å²) in [5.74, 6) is -1.31. The molecule has 2 unspecified atom stereocenters. The van der Waals surface area contributed by atoms with Crippen molar-refractivity contribution in [2.24, 2.45) is 0 Å². The molecule has 0 radical (unpaired) electrons. The van der Waals surface area contributed by atoms with Gasteiger partial charge in [-0.2, -0.15) is 0 Å². The summed E-state index contributed by atoms with van der Waals surface area (Å²) in [6.45, 7) is 3.96. The first-order valence-corrected chi connectivity index (χ1v) is 7.36. The van der Waals surface area contributed by atoms with Gasteiger partial charge in [-0.25, -0.2) is 4.79 Å². The zero-order valence-electron chi connectivity index (χ0n) is 12.9. The number of likely N-dealkylation sites (N-methyl/N-ethyl adjacent to an activating group) is 1. The minimum Gasteiger partial charge on any atom is -0.480 e. The van der Waals surface area contributed by atoms with E-state index in [9.17, 15) is 9.59 Å². The highest BCUT2D eigenvalue weighted by Crippen LogP contribution is 2.13. The van der Waals surface area contributed by atoms with Gasteiger partial charge in [-0.05, 0) is 12.5 Å². The van der Waals surface area contributed by atoms with Gasteiger partial charge in [0.2, 0.25) is 0 Å². The van der Waals surface area contributed by atoms with Gasteiger partial charge in [0, 0.05) is 26.7 Å². The normalized spacial score (nSPS) is 20.4. The van der Waals surface area contributed by atoms with Crippen LogP contribution in [0.4, 0.5) is 0 Å². The van der Waals surface area contributed by atoms with Crippen molar-refractivity contribution in [2.75, 3.05) is 26.7 Å². The Morgan fingerprint density at radius 3 is 2.73 bits per heavy atom. The molecule has 0 aliphatic carbocycles. The number of nitrogens with zero attached hydrogens (tertiary/aromatic N) is 2. The van der Waals surface area contributed by atoms with Crippen molar-refractivity contribution in [3.05, 3.63) is 35.9 Å². The molecule has 120 valence electrons. The fourth-order valence-electron chi connectivity index (χ4n) is 2.42. The molecular formula is C16H22N2O4. The number of amides is 1. The van der Waals surface area contributed by atoms with Crippen molar-refractivity contribution in [2.45, 2.75) is 25.6 Å². The summed E-state index contributed by atoms with van der Waals surface area (Å²) in [7, 11) is 1.50. The SMILES string of the molecule is CC(C(=O)O)N(C)C(=O)C1CN(Cc2ccccc2)CCO1. The topological polar surface area (TPSA) is 70.1 Å². The van der Waals surface area contributed by atoms with Crippen LogP contribution < -0.4 is 0 Å². The van der Waals surface area contributed by atoms with Gasteiger partial charge in [0.05, 0.1) is 6.61 Å². The average molecular weight is 306 g/mol. The molecule has 6 heteroatoms. The van der Waals surface area contributed by atoms with Crippen molar-refractivity contribution in [1.82, 2.24) is 9.80 Å². The Kier molecular flexibility index (Phi) is 5.51. The number of carbonyl (C=O) groups is 2. The molecule has 1 aromatic rings.